The van der Waals surface area contributed by atoms with Gasteiger partial charge in [-0.05, 0) is 48.9 Å². The minimum atomic E-state index is -3.70. The van der Waals surface area contributed by atoms with Gasteiger partial charge in [-0.3, -0.25) is 4.72 Å². The molecule has 0 spiro atoms. The first-order valence-corrected chi connectivity index (χ1v) is 9.85. The van der Waals surface area contributed by atoms with Gasteiger partial charge >= 0.3 is 0 Å². The summed E-state index contributed by atoms with van der Waals surface area (Å²) in [5, 5.41) is 8.91. The molecule has 1 aliphatic heterocycles. The third kappa shape index (κ3) is 4.01. The van der Waals surface area contributed by atoms with Crippen LogP contribution in [0, 0.1) is 11.3 Å². The van der Waals surface area contributed by atoms with Crippen molar-refractivity contribution in [1.29, 1.82) is 5.26 Å². The van der Waals surface area contributed by atoms with E-state index in [1.54, 1.807) is 24.3 Å². The molecule has 6 heteroatoms. The van der Waals surface area contributed by atoms with Crippen LogP contribution in [0.3, 0.4) is 0 Å². The molecule has 1 fully saturated rings. The SMILES string of the molecule is CCCN1CC(c2ccc(NS(=O)(=O)c3cccc(C#N)c3)cc2)C1. The summed E-state index contributed by atoms with van der Waals surface area (Å²) >= 11 is 0. The Morgan fingerprint density at radius 1 is 1.20 bits per heavy atom. The third-order valence-electron chi connectivity index (χ3n) is 4.40. The highest BCUT2D eigenvalue weighted by molar-refractivity contribution is 7.92. The van der Waals surface area contributed by atoms with Gasteiger partial charge in [0, 0.05) is 24.7 Å². The molecule has 0 radical (unpaired) electrons. The van der Waals surface area contributed by atoms with Gasteiger partial charge in [0.05, 0.1) is 16.5 Å². The van der Waals surface area contributed by atoms with Crippen LogP contribution in [-0.2, 0) is 10.0 Å². The molecule has 1 aliphatic rings. The van der Waals surface area contributed by atoms with E-state index in [1.807, 2.05) is 18.2 Å². The molecule has 25 heavy (non-hydrogen) atoms. The Kier molecular flexibility index (Phi) is 5.07. The number of benzene rings is 2. The van der Waals surface area contributed by atoms with E-state index in [2.05, 4.69) is 16.5 Å². The maximum atomic E-state index is 12.4. The highest BCUT2D eigenvalue weighted by atomic mass is 32.2. The Hall–Kier alpha value is -2.36. The van der Waals surface area contributed by atoms with Crippen molar-refractivity contribution in [2.24, 2.45) is 0 Å². The van der Waals surface area contributed by atoms with Crippen molar-refractivity contribution in [2.45, 2.75) is 24.2 Å². The first-order chi connectivity index (χ1) is 12.0. The van der Waals surface area contributed by atoms with Gasteiger partial charge < -0.3 is 4.90 Å². The van der Waals surface area contributed by atoms with E-state index in [1.165, 1.54) is 24.1 Å². The van der Waals surface area contributed by atoms with E-state index in [9.17, 15) is 8.42 Å². The van der Waals surface area contributed by atoms with Crippen LogP contribution in [-0.4, -0.2) is 33.0 Å². The van der Waals surface area contributed by atoms with Crippen LogP contribution in [0.1, 0.15) is 30.4 Å². The Bertz CT molecular complexity index is 880. The molecule has 0 saturated carbocycles. The van der Waals surface area contributed by atoms with E-state index in [-0.39, 0.29) is 4.90 Å². The summed E-state index contributed by atoms with van der Waals surface area (Å²) in [7, 11) is -3.70. The first-order valence-electron chi connectivity index (χ1n) is 8.37. The number of hydrogen-bond donors (Lipinski definition) is 1. The van der Waals surface area contributed by atoms with Crippen LogP contribution in [0.4, 0.5) is 5.69 Å². The van der Waals surface area contributed by atoms with Crippen LogP contribution in [0.2, 0.25) is 0 Å². The van der Waals surface area contributed by atoms with Crippen molar-refractivity contribution < 1.29 is 8.42 Å². The molecule has 5 nitrogen and oxygen atoms in total. The number of nitrogens with one attached hydrogen (secondary N) is 1. The molecule has 1 N–H and O–H groups in total. The molecule has 1 saturated heterocycles. The van der Waals surface area contributed by atoms with E-state index in [4.69, 9.17) is 5.26 Å². The van der Waals surface area contributed by atoms with Crippen LogP contribution >= 0.6 is 0 Å². The molecule has 2 aromatic carbocycles. The Morgan fingerprint density at radius 3 is 2.56 bits per heavy atom. The molecule has 3 rings (SSSR count). The predicted octanol–water partition coefficient (Wildman–Crippen LogP) is 3.17. The van der Waals surface area contributed by atoms with Crippen molar-refractivity contribution in [1.82, 2.24) is 4.90 Å². The van der Waals surface area contributed by atoms with Crippen molar-refractivity contribution in [3.63, 3.8) is 0 Å². The number of sulfonamides is 1. The van der Waals surface area contributed by atoms with E-state index >= 15 is 0 Å². The summed E-state index contributed by atoms with van der Waals surface area (Å²) in [5.41, 5.74) is 2.08. The van der Waals surface area contributed by atoms with Gasteiger partial charge in [-0.25, -0.2) is 8.42 Å². The molecular formula is C19H21N3O2S. The van der Waals surface area contributed by atoms with Crippen molar-refractivity contribution in [3.05, 3.63) is 59.7 Å². The van der Waals surface area contributed by atoms with Gasteiger partial charge in [0.15, 0.2) is 0 Å². The highest BCUT2D eigenvalue weighted by Gasteiger charge is 2.27. The lowest BCUT2D eigenvalue weighted by molar-refractivity contribution is 0.149. The Labute approximate surface area is 149 Å². The smallest absolute Gasteiger partial charge is 0.261 e. The normalized spacial score (nSPS) is 15.4. The fourth-order valence-corrected chi connectivity index (χ4v) is 4.15. The molecular weight excluding hydrogens is 334 g/mol. The Morgan fingerprint density at radius 2 is 1.92 bits per heavy atom. The maximum Gasteiger partial charge on any atom is 0.261 e. The molecule has 1 heterocycles. The fourth-order valence-electron chi connectivity index (χ4n) is 3.05. The lowest BCUT2D eigenvalue weighted by Crippen LogP contribution is -2.45. The molecule has 0 atom stereocenters. The van der Waals surface area contributed by atoms with E-state index in [0.717, 1.165) is 19.6 Å². The lowest BCUT2D eigenvalue weighted by atomic mass is 9.91. The zero-order chi connectivity index (χ0) is 17.9. The summed E-state index contributed by atoms with van der Waals surface area (Å²) in [6.45, 7) is 5.45. The van der Waals surface area contributed by atoms with Gasteiger partial charge in [0.25, 0.3) is 10.0 Å². The summed E-state index contributed by atoms with van der Waals surface area (Å²) in [5.74, 6) is 0.532. The summed E-state index contributed by atoms with van der Waals surface area (Å²) in [6.07, 6.45) is 1.17. The second kappa shape index (κ2) is 7.26. The largest absolute Gasteiger partial charge is 0.302 e. The zero-order valence-corrected chi connectivity index (χ0v) is 15.0. The molecule has 0 bridgehead atoms. The van der Waals surface area contributed by atoms with Crippen molar-refractivity contribution in [3.8, 4) is 6.07 Å². The number of rotatable bonds is 6. The topological polar surface area (TPSA) is 73.2 Å². The molecule has 0 amide bonds. The number of anilines is 1. The monoisotopic (exact) mass is 355 g/mol. The summed E-state index contributed by atoms with van der Waals surface area (Å²) in [4.78, 5) is 2.51. The lowest BCUT2D eigenvalue weighted by Gasteiger charge is -2.39. The van der Waals surface area contributed by atoms with Gasteiger partial charge in [-0.15, -0.1) is 0 Å². The second-order valence-electron chi connectivity index (χ2n) is 6.32. The molecule has 0 aliphatic carbocycles. The quantitative estimate of drug-likeness (QED) is 0.864. The van der Waals surface area contributed by atoms with Gasteiger partial charge in [-0.2, -0.15) is 5.26 Å². The van der Waals surface area contributed by atoms with Crippen LogP contribution in [0.15, 0.2) is 53.4 Å². The summed E-state index contributed by atoms with van der Waals surface area (Å²) in [6, 6.07) is 15.5. The average molecular weight is 355 g/mol. The van der Waals surface area contributed by atoms with Gasteiger partial charge in [0.2, 0.25) is 0 Å². The number of likely N-dealkylation sites (tertiary alicyclic amines) is 1. The number of nitrogens with zero attached hydrogens (tertiary/aromatic N) is 2. The fraction of sp³-hybridized carbons (Fsp3) is 0.316. The molecule has 0 unspecified atom stereocenters. The molecule has 2 aromatic rings. The Balaban J connectivity index is 1.68. The average Bonchev–Trinajstić information content (AvgIpc) is 2.58. The first kappa shape index (κ1) is 17.5. The minimum Gasteiger partial charge on any atom is -0.302 e. The zero-order valence-electron chi connectivity index (χ0n) is 14.1. The van der Waals surface area contributed by atoms with Gasteiger partial charge in [0.1, 0.15) is 0 Å². The van der Waals surface area contributed by atoms with E-state index < -0.39 is 10.0 Å². The van der Waals surface area contributed by atoms with E-state index in [0.29, 0.717) is 17.2 Å². The number of hydrogen-bond acceptors (Lipinski definition) is 4. The van der Waals surface area contributed by atoms with Gasteiger partial charge in [-0.1, -0.05) is 25.1 Å². The minimum absolute atomic E-state index is 0.0878. The standard InChI is InChI=1S/C19H21N3O2S/c1-2-10-22-13-17(14-22)16-6-8-18(9-7-16)21-25(23,24)19-5-3-4-15(11-19)12-20/h3-9,11,17,21H,2,10,13-14H2,1H3. The van der Waals surface area contributed by atoms with Crippen LogP contribution in [0.5, 0.6) is 0 Å². The molecule has 130 valence electrons. The predicted molar refractivity (Wildman–Crippen MR) is 97.9 cm³/mol. The van der Waals surface area contributed by atoms with Crippen molar-refractivity contribution in [2.75, 3.05) is 24.4 Å². The summed E-state index contributed by atoms with van der Waals surface area (Å²) < 4.78 is 27.5. The number of nitriles is 1. The second-order valence-corrected chi connectivity index (χ2v) is 8.01. The molecule has 0 aromatic heterocycles. The third-order valence-corrected chi connectivity index (χ3v) is 5.78. The van der Waals surface area contributed by atoms with Crippen LogP contribution in [0.25, 0.3) is 0 Å². The maximum absolute atomic E-state index is 12.4. The van der Waals surface area contributed by atoms with Crippen molar-refractivity contribution >= 4 is 15.7 Å². The highest BCUT2D eigenvalue weighted by Crippen LogP contribution is 2.28. The van der Waals surface area contributed by atoms with Crippen LogP contribution < -0.4 is 4.72 Å².